The number of nitrogens with zero attached hydrogens (tertiary/aromatic N) is 2. The SMILES string of the molecule is CCN(Cc1cccs1)C(=O)CN(C)CC(=O)Nc1c(C)cc(C)cc1C. The third-order valence-corrected chi connectivity index (χ3v) is 5.28. The van der Waals surface area contributed by atoms with Crippen LogP contribution in [0.5, 0.6) is 0 Å². The van der Waals surface area contributed by atoms with E-state index in [0.717, 1.165) is 21.7 Å². The number of carbonyl (C=O) groups excluding carboxylic acids is 2. The second-order valence-electron chi connectivity index (χ2n) is 6.98. The molecule has 1 aromatic carbocycles. The maximum absolute atomic E-state index is 12.6. The highest BCUT2D eigenvalue weighted by atomic mass is 32.1. The number of aryl methyl sites for hydroxylation is 3. The fraction of sp³-hybridized carbons (Fsp3) is 0.429. The molecular formula is C21H29N3O2S. The van der Waals surface area contributed by atoms with Gasteiger partial charge in [-0.15, -0.1) is 11.3 Å². The van der Waals surface area contributed by atoms with Crippen LogP contribution in [-0.2, 0) is 16.1 Å². The van der Waals surface area contributed by atoms with Crippen molar-refractivity contribution in [2.45, 2.75) is 34.2 Å². The van der Waals surface area contributed by atoms with Crippen molar-refractivity contribution in [2.75, 3.05) is 32.0 Å². The summed E-state index contributed by atoms with van der Waals surface area (Å²) >= 11 is 1.65. The van der Waals surface area contributed by atoms with Gasteiger partial charge >= 0.3 is 0 Å². The number of benzene rings is 1. The number of thiophene rings is 1. The van der Waals surface area contributed by atoms with Gasteiger partial charge in [-0.2, -0.15) is 0 Å². The van der Waals surface area contributed by atoms with Gasteiger partial charge in [0.15, 0.2) is 0 Å². The van der Waals surface area contributed by atoms with E-state index in [9.17, 15) is 9.59 Å². The molecule has 2 rings (SSSR count). The van der Waals surface area contributed by atoms with Crippen LogP contribution in [0, 0.1) is 20.8 Å². The zero-order valence-electron chi connectivity index (χ0n) is 16.8. The lowest BCUT2D eigenvalue weighted by molar-refractivity contribution is -0.132. The molecule has 2 aromatic rings. The van der Waals surface area contributed by atoms with Crippen molar-refractivity contribution in [3.63, 3.8) is 0 Å². The first-order chi connectivity index (χ1) is 12.8. The molecule has 2 amide bonds. The molecule has 0 spiro atoms. The van der Waals surface area contributed by atoms with Crippen LogP contribution in [0.15, 0.2) is 29.6 Å². The minimum Gasteiger partial charge on any atom is -0.337 e. The molecule has 1 aromatic heterocycles. The highest BCUT2D eigenvalue weighted by Crippen LogP contribution is 2.21. The fourth-order valence-corrected chi connectivity index (χ4v) is 3.87. The van der Waals surface area contributed by atoms with Crippen LogP contribution < -0.4 is 5.32 Å². The van der Waals surface area contributed by atoms with Crippen LogP contribution >= 0.6 is 11.3 Å². The van der Waals surface area contributed by atoms with Crippen molar-refractivity contribution >= 4 is 28.8 Å². The first kappa shape index (κ1) is 21.1. The Morgan fingerprint density at radius 3 is 2.33 bits per heavy atom. The van der Waals surface area contributed by atoms with E-state index < -0.39 is 0 Å². The normalized spacial score (nSPS) is 10.9. The maximum Gasteiger partial charge on any atom is 0.238 e. The van der Waals surface area contributed by atoms with Crippen molar-refractivity contribution in [2.24, 2.45) is 0 Å². The number of hydrogen-bond acceptors (Lipinski definition) is 4. The second kappa shape index (κ2) is 9.67. The number of hydrogen-bond donors (Lipinski definition) is 1. The maximum atomic E-state index is 12.6. The fourth-order valence-electron chi connectivity index (χ4n) is 3.16. The third kappa shape index (κ3) is 6.19. The molecule has 0 unspecified atom stereocenters. The van der Waals surface area contributed by atoms with Gasteiger partial charge < -0.3 is 10.2 Å². The topological polar surface area (TPSA) is 52.7 Å². The molecule has 0 atom stereocenters. The molecule has 5 nitrogen and oxygen atoms in total. The minimum absolute atomic E-state index is 0.0314. The predicted molar refractivity (Wildman–Crippen MR) is 112 cm³/mol. The Kier molecular flexibility index (Phi) is 7.56. The van der Waals surface area contributed by atoms with E-state index in [1.54, 1.807) is 23.3 Å². The monoisotopic (exact) mass is 387 g/mol. The van der Waals surface area contributed by atoms with Crippen molar-refractivity contribution in [3.05, 3.63) is 51.2 Å². The first-order valence-electron chi connectivity index (χ1n) is 9.16. The molecule has 0 aliphatic rings. The van der Waals surface area contributed by atoms with Gasteiger partial charge in [-0.1, -0.05) is 23.8 Å². The summed E-state index contributed by atoms with van der Waals surface area (Å²) in [6.45, 7) is 9.67. The molecule has 0 bridgehead atoms. The van der Waals surface area contributed by atoms with Crippen LogP contribution in [0.25, 0.3) is 0 Å². The zero-order chi connectivity index (χ0) is 20.0. The van der Waals surface area contributed by atoms with Crippen LogP contribution in [0.1, 0.15) is 28.5 Å². The summed E-state index contributed by atoms with van der Waals surface area (Å²) in [5, 5.41) is 5.00. The second-order valence-corrected chi connectivity index (χ2v) is 8.01. The number of carbonyl (C=O) groups is 2. The van der Waals surface area contributed by atoms with Gasteiger partial charge in [-0.3, -0.25) is 14.5 Å². The summed E-state index contributed by atoms with van der Waals surface area (Å²) in [7, 11) is 1.80. The van der Waals surface area contributed by atoms with Gasteiger partial charge in [0.2, 0.25) is 11.8 Å². The van der Waals surface area contributed by atoms with E-state index in [2.05, 4.69) is 17.4 Å². The Bertz CT molecular complexity index is 764. The Labute approximate surface area is 166 Å². The average molecular weight is 388 g/mol. The standard InChI is InChI=1S/C21H29N3O2S/c1-6-24(12-18-8-7-9-27-18)20(26)14-23(5)13-19(25)22-21-16(3)10-15(2)11-17(21)4/h7-11H,6,12-14H2,1-5H3,(H,22,25). The van der Waals surface area contributed by atoms with Gasteiger partial charge in [-0.25, -0.2) is 0 Å². The summed E-state index contributed by atoms with van der Waals surface area (Å²) in [5.74, 6) is -0.0782. The number of rotatable bonds is 8. The lowest BCUT2D eigenvalue weighted by atomic mass is 10.1. The molecule has 0 aliphatic heterocycles. The molecule has 0 radical (unpaired) electrons. The average Bonchev–Trinajstić information content (AvgIpc) is 3.08. The molecule has 0 saturated carbocycles. The highest BCUT2D eigenvalue weighted by Gasteiger charge is 2.17. The van der Waals surface area contributed by atoms with Gasteiger partial charge in [0.05, 0.1) is 19.6 Å². The lowest BCUT2D eigenvalue weighted by Crippen LogP contribution is -2.41. The Balaban J connectivity index is 1.89. The summed E-state index contributed by atoms with van der Waals surface area (Å²) in [4.78, 5) is 29.7. The largest absolute Gasteiger partial charge is 0.337 e. The molecule has 1 heterocycles. The van der Waals surface area contributed by atoms with Gasteiger partial charge in [0.25, 0.3) is 0 Å². The predicted octanol–water partition coefficient (Wildman–Crippen LogP) is 3.59. The number of anilines is 1. The molecule has 0 fully saturated rings. The lowest BCUT2D eigenvalue weighted by Gasteiger charge is -2.24. The van der Waals surface area contributed by atoms with Crippen LogP contribution in [0.2, 0.25) is 0 Å². The first-order valence-corrected chi connectivity index (χ1v) is 10.0. The summed E-state index contributed by atoms with van der Waals surface area (Å²) in [5.41, 5.74) is 4.13. The van der Waals surface area contributed by atoms with Crippen LogP contribution in [0.4, 0.5) is 5.69 Å². The summed E-state index contributed by atoms with van der Waals surface area (Å²) < 4.78 is 0. The van der Waals surface area contributed by atoms with Crippen molar-refractivity contribution in [1.29, 1.82) is 0 Å². The van der Waals surface area contributed by atoms with Gasteiger partial charge in [-0.05, 0) is 57.3 Å². The van der Waals surface area contributed by atoms with Crippen molar-refractivity contribution < 1.29 is 9.59 Å². The summed E-state index contributed by atoms with van der Waals surface area (Å²) in [6, 6.07) is 8.13. The van der Waals surface area contributed by atoms with E-state index in [4.69, 9.17) is 0 Å². The van der Waals surface area contributed by atoms with E-state index in [0.29, 0.717) is 13.1 Å². The highest BCUT2D eigenvalue weighted by molar-refractivity contribution is 7.09. The quantitative estimate of drug-likeness (QED) is 0.753. The molecule has 1 N–H and O–H groups in total. The molecule has 0 aliphatic carbocycles. The Hall–Kier alpha value is -2.18. The molecule has 27 heavy (non-hydrogen) atoms. The van der Waals surface area contributed by atoms with Crippen molar-refractivity contribution in [1.82, 2.24) is 9.80 Å². The zero-order valence-corrected chi connectivity index (χ0v) is 17.7. The minimum atomic E-state index is -0.110. The molecule has 146 valence electrons. The van der Waals surface area contributed by atoms with Crippen LogP contribution in [-0.4, -0.2) is 48.3 Å². The van der Waals surface area contributed by atoms with E-state index in [1.807, 2.05) is 50.1 Å². The Morgan fingerprint density at radius 1 is 1.11 bits per heavy atom. The number of nitrogens with one attached hydrogen (secondary N) is 1. The number of amides is 2. The third-order valence-electron chi connectivity index (χ3n) is 4.42. The van der Waals surface area contributed by atoms with Gasteiger partial charge in [0.1, 0.15) is 0 Å². The molecule has 0 saturated heterocycles. The summed E-state index contributed by atoms with van der Waals surface area (Å²) in [6.07, 6.45) is 0. The number of likely N-dealkylation sites (N-methyl/N-ethyl adjacent to an activating group) is 2. The van der Waals surface area contributed by atoms with Crippen LogP contribution in [0.3, 0.4) is 0 Å². The van der Waals surface area contributed by atoms with E-state index >= 15 is 0 Å². The molecule has 6 heteroatoms. The van der Waals surface area contributed by atoms with Crippen molar-refractivity contribution in [3.8, 4) is 0 Å². The smallest absolute Gasteiger partial charge is 0.238 e. The van der Waals surface area contributed by atoms with Gasteiger partial charge in [0, 0.05) is 17.1 Å². The van der Waals surface area contributed by atoms with E-state index in [-0.39, 0.29) is 24.9 Å². The van der Waals surface area contributed by atoms with E-state index in [1.165, 1.54) is 5.56 Å². The Morgan fingerprint density at radius 2 is 1.78 bits per heavy atom. The molecular weight excluding hydrogens is 358 g/mol.